The molecule has 41 heavy (non-hydrogen) atoms. The number of benzene rings is 3. The molecular weight excluding hydrogens is 566 g/mol. The highest BCUT2D eigenvalue weighted by molar-refractivity contribution is 6.31. The second-order valence-electron chi connectivity index (χ2n) is 10.4. The average molecular weight is 593 g/mol. The molecule has 1 aromatic heterocycles. The lowest BCUT2D eigenvalue weighted by Gasteiger charge is -2.36. The van der Waals surface area contributed by atoms with Crippen molar-refractivity contribution < 1.29 is 14.0 Å². The molecule has 2 heterocycles. The summed E-state index contributed by atoms with van der Waals surface area (Å²) in [5, 5.41) is 4.06. The first kappa shape index (κ1) is 27.3. The van der Waals surface area contributed by atoms with E-state index in [2.05, 4.69) is 5.32 Å². The molecule has 1 saturated heterocycles. The van der Waals surface area contributed by atoms with E-state index in [1.807, 2.05) is 9.47 Å². The standard InChI is InChI=1S/C31H27Cl2FN4O3/c32-21-6-4-19(5-7-21)17-35-30(40)25-18-38(23-8-9-23)27-16-28(26(34)15-24(27)29(25)39)36-10-12-37(13-11-36)31(41)20-2-1-3-22(33)14-20/h1-7,14-16,18,23H,8-13,17H2,(H,35,40). The molecule has 7 nitrogen and oxygen atoms in total. The fraction of sp³-hybridized carbons (Fsp3) is 0.258. The van der Waals surface area contributed by atoms with Gasteiger partial charge in [-0.05, 0) is 60.9 Å². The SMILES string of the molecule is O=C(NCc1ccc(Cl)cc1)c1cn(C2CC2)c2cc(N3CCN(C(=O)c4cccc(Cl)c4)CC3)c(F)cc2c1=O. The zero-order chi connectivity index (χ0) is 28.7. The summed E-state index contributed by atoms with van der Waals surface area (Å²) >= 11 is 12.0. The topological polar surface area (TPSA) is 74.7 Å². The highest BCUT2D eigenvalue weighted by atomic mass is 35.5. The lowest BCUT2D eigenvalue weighted by molar-refractivity contribution is 0.0746. The molecule has 4 aromatic rings. The Bertz CT molecular complexity index is 1710. The summed E-state index contributed by atoms with van der Waals surface area (Å²) in [4.78, 5) is 43.0. The molecule has 1 aliphatic heterocycles. The number of nitrogens with zero attached hydrogens (tertiary/aromatic N) is 3. The van der Waals surface area contributed by atoms with E-state index in [1.54, 1.807) is 65.7 Å². The molecular formula is C31H27Cl2FN4O3. The number of carbonyl (C=O) groups excluding carboxylic acids is 2. The highest BCUT2D eigenvalue weighted by Gasteiger charge is 2.29. The van der Waals surface area contributed by atoms with Crippen molar-refractivity contribution in [1.82, 2.24) is 14.8 Å². The van der Waals surface area contributed by atoms with Gasteiger partial charge in [-0.15, -0.1) is 0 Å². The number of carbonyl (C=O) groups is 2. The van der Waals surface area contributed by atoms with Crippen molar-refractivity contribution in [3.8, 4) is 0 Å². The molecule has 1 saturated carbocycles. The molecule has 0 spiro atoms. The lowest BCUT2D eigenvalue weighted by atomic mass is 10.1. The van der Waals surface area contributed by atoms with Crippen molar-refractivity contribution >= 4 is 51.6 Å². The summed E-state index contributed by atoms with van der Waals surface area (Å²) in [5.74, 6) is -1.16. The first-order valence-corrected chi connectivity index (χ1v) is 14.2. The summed E-state index contributed by atoms with van der Waals surface area (Å²) in [6.45, 7) is 1.95. The summed E-state index contributed by atoms with van der Waals surface area (Å²) in [7, 11) is 0. The van der Waals surface area contributed by atoms with Crippen LogP contribution in [0.2, 0.25) is 10.0 Å². The molecule has 10 heteroatoms. The Balaban J connectivity index is 1.24. The number of nitrogens with one attached hydrogen (secondary N) is 1. The maximum atomic E-state index is 15.5. The molecule has 6 rings (SSSR count). The maximum Gasteiger partial charge on any atom is 0.257 e. The van der Waals surface area contributed by atoms with Gasteiger partial charge in [0.2, 0.25) is 5.43 Å². The Morgan fingerprint density at radius 1 is 0.927 bits per heavy atom. The van der Waals surface area contributed by atoms with Crippen LogP contribution in [0.15, 0.2) is 71.7 Å². The maximum absolute atomic E-state index is 15.5. The van der Waals surface area contributed by atoms with Crippen LogP contribution in [0.3, 0.4) is 0 Å². The van der Waals surface area contributed by atoms with Crippen LogP contribution >= 0.6 is 23.2 Å². The molecule has 2 aliphatic rings. The van der Waals surface area contributed by atoms with Crippen molar-refractivity contribution in [3.63, 3.8) is 0 Å². The van der Waals surface area contributed by atoms with Crippen molar-refractivity contribution in [2.75, 3.05) is 31.1 Å². The van der Waals surface area contributed by atoms with Crippen LogP contribution in [-0.2, 0) is 6.54 Å². The van der Waals surface area contributed by atoms with E-state index in [4.69, 9.17) is 23.2 Å². The zero-order valence-corrected chi connectivity index (χ0v) is 23.6. The molecule has 0 bridgehead atoms. The van der Waals surface area contributed by atoms with Crippen LogP contribution in [0.1, 0.15) is 45.2 Å². The second-order valence-corrected chi connectivity index (χ2v) is 11.3. The average Bonchev–Trinajstić information content (AvgIpc) is 3.82. The molecule has 0 unspecified atom stereocenters. The summed E-state index contributed by atoms with van der Waals surface area (Å²) < 4.78 is 17.5. The van der Waals surface area contributed by atoms with Gasteiger partial charge in [0.15, 0.2) is 0 Å². The van der Waals surface area contributed by atoms with Gasteiger partial charge in [-0.1, -0.05) is 41.4 Å². The van der Waals surface area contributed by atoms with Gasteiger partial charge in [0, 0.05) is 66.0 Å². The monoisotopic (exact) mass is 592 g/mol. The third-order valence-electron chi connectivity index (χ3n) is 7.63. The predicted molar refractivity (Wildman–Crippen MR) is 159 cm³/mol. The number of aromatic nitrogens is 1. The van der Waals surface area contributed by atoms with Crippen LogP contribution in [0.5, 0.6) is 0 Å². The number of hydrogen-bond donors (Lipinski definition) is 1. The second kappa shape index (κ2) is 11.2. The molecule has 0 atom stereocenters. The number of amides is 2. The Hall–Kier alpha value is -3.88. The van der Waals surface area contributed by atoms with Crippen molar-refractivity contribution in [3.05, 3.63) is 110 Å². The van der Waals surface area contributed by atoms with Gasteiger partial charge in [0.1, 0.15) is 11.4 Å². The summed E-state index contributed by atoms with van der Waals surface area (Å²) in [5.41, 5.74) is 1.81. The quantitative estimate of drug-likeness (QED) is 0.313. The Labute approximate surface area is 246 Å². The van der Waals surface area contributed by atoms with E-state index in [9.17, 15) is 14.4 Å². The zero-order valence-electron chi connectivity index (χ0n) is 22.1. The van der Waals surface area contributed by atoms with Crippen LogP contribution in [0.4, 0.5) is 10.1 Å². The van der Waals surface area contributed by atoms with Gasteiger partial charge in [0.05, 0.1) is 11.2 Å². The minimum atomic E-state index is -0.537. The van der Waals surface area contributed by atoms with Crippen molar-refractivity contribution in [2.45, 2.75) is 25.4 Å². The van der Waals surface area contributed by atoms with Crippen LogP contribution in [0, 0.1) is 5.82 Å². The molecule has 2 amide bonds. The Kier molecular flexibility index (Phi) is 7.45. The number of pyridine rings is 1. The van der Waals surface area contributed by atoms with E-state index in [1.165, 1.54) is 6.07 Å². The van der Waals surface area contributed by atoms with Gasteiger partial charge >= 0.3 is 0 Å². The fourth-order valence-electron chi connectivity index (χ4n) is 5.25. The largest absolute Gasteiger partial charge is 0.366 e. The third-order valence-corrected chi connectivity index (χ3v) is 8.12. The van der Waals surface area contributed by atoms with Gasteiger partial charge in [-0.25, -0.2) is 4.39 Å². The number of fused-ring (bicyclic) bond motifs is 1. The molecule has 2 fully saturated rings. The highest BCUT2D eigenvalue weighted by Crippen LogP contribution is 2.38. The van der Waals surface area contributed by atoms with E-state index in [0.29, 0.717) is 53.0 Å². The number of halogens is 3. The van der Waals surface area contributed by atoms with E-state index in [0.717, 1.165) is 18.4 Å². The summed E-state index contributed by atoms with van der Waals surface area (Å²) in [6, 6.07) is 17.0. The number of piperazine rings is 1. The van der Waals surface area contributed by atoms with Gasteiger partial charge in [-0.3, -0.25) is 14.4 Å². The minimum Gasteiger partial charge on any atom is -0.366 e. The molecule has 1 N–H and O–H groups in total. The number of anilines is 1. The van der Waals surface area contributed by atoms with Gasteiger partial charge < -0.3 is 19.7 Å². The van der Waals surface area contributed by atoms with Gasteiger partial charge in [-0.2, -0.15) is 0 Å². The lowest BCUT2D eigenvalue weighted by Crippen LogP contribution is -2.49. The minimum absolute atomic E-state index is 0.0151. The molecule has 0 radical (unpaired) electrons. The normalized spacial score (nSPS) is 15.3. The first-order valence-electron chi connectivity index (χ1n) is 13.5. The van der Waals surface area contributed by atoms with Gasteiger partial charge in [0.25, 0.3) is 11.8 Å². The summed E-state index contributed by atoms with van der Waals surface area (Å²) in [6.07, 6.45) is 3.43. The predicted octanol–water partition coefficient (Wildman–Crippen LogP) is 5.67. The van der Waals surface area contributed by atoms with Crippen molar-refractivity contribution in [2.24, 2.45) is 0 Å². The van der Waals surface area contributed by atoms with E-state index < -0.39 is 17.2 Å². The smallest absolute Gasteiger partial charge is 0.257 e. The Morgan fingerprint density at radius 3 is 2.34 bits per heavy atom. The van der Waals surface area contributed by atoms with Crippen molar-refractivity contribution in [1.29, 1.82) is 0 Å². The first-order chi connectivity index (χ1) is 19.8. The number of rotatable bonds is 6. The van der Waals surface area contributed by atoms with E-state index in [-0.39, 0.29) is 29.4 Å². The van der Waals surface area contributed by atoms with Crippen LogP contribution < -0.4 is 15.6 Å². The molecule has 1 aliphatic carbocycles. The Morgan fingerprint density at radius 2 is 1.66 bits per heavy atom. The van der Waals surface area contributed by atoms with Crippen LogP contribution in [-0.4, -0.2) is 47.5 Å². The van der Waals surface area contributed by atoms with E-state index >= 15 is 4.39 Å². The number of hydrogen-bond acceptors (Lipinski definition) is 4. The fourth-order valence-corrected chi connectivity index (χ4v) is 5.57. The van der Waals surface area contributed by atoms with Crippen LogP contribution in [0.25, 0.3) is 10.9 Å². The molecule has 210 valence electrons. The third kappa shape index (κ3) is 5.67. The molecule has 3 aromatic carbocycles.